The highest BCUT2D eigenvalue weighted by atomic mass is 35.5. The van der Waals surface area contributed by atoms with Gasteiger partial charge in [-0.25, -0.2) is 0 Å². The fourth-order valence-corrected chi connectivity index (χ4v) is 3.46. The number of fused-ring (bicyclic) bond motifs is 1. The number of morpholine rings is 1. The van der Waals surface area contributed by atoms with Gasteiger partial charge in [-0.1, -0.05) is 30.5 Å². The first-order valence-electron chi connectivity index (χ1n) is 7.07. The van der Waals surface area contributed by atoms with Crippen molar-refractivity contribution in [2.45, 2.75) is 44.4 Å². The minimum atomic E-state index is 0.155. The van der Waals surface area contributed by atoms with E-state index in [1.807, 2.05) is 12.1 Å². The van der Waals surface area contributed by atoms with Crippen LogP contribution in [0, 0.1) is 0 Å². The molecule has 2 fully saturated rings. The standard InChI is InChI=1S/C15H20ClNO2/c16-12-9-11(5-6-14(12)18)10-17-7-8-19-15-4-2-1-3-13(15)17/h5-6,9,13,15,18H,1-4,7-8,10H2. The van der Waals surface area contributed by atoms with Gasteiger partial charge in [-0.05, 0) is 30.5 Å². The maximum Gasteiger partial charge on any atom is 0.134 e. The smallest absolute Gasteiger partial charge is 0.134 e. The van der Waals surface area contributed by atoms with Crippen LogP contribution in [-0.2, 0) is 11.3 Å². The SMILES string of the molecule is Oc1ccc(CN2CCOC3CCCCC32)cc1Cl. The third-order valence-corrected chi connectivity index (χ3v) is 4.55. The highest BCUT2D eigenvalue weighted by Crippen LogP contribution is 2.30. The lowest BCUT2D eigenvalue weighted by Crippen LogP contribution is -2.52. The van der Waals surface area contributed by atoms with Crippen molar-refractivity contribution in [2.75, 3.05) is 13.2 Å². The summed E-state index contributed by atoms with van der Waals surface area (Å²) in [7, 11) is 0. The highest BCUT2D eigenvalue weighted by Gasteiger charge is 2.33. The second-order valence-electron chi connectivity index (χ2n) is 5.52. The third-order valence-electron chi connectivity index (χ3n) is 4.24. The van der Waals surface area contributed by atoms with Gasteiger partial charge in [0.05, 0.1) is 17.7 Å². The second kappa shape index (κ2) is 5.70. The molecule has 0 spiro atoms. The Morgan fingerprint density at radius 1 is 1.32 bits per heavy atom. The largest absolute Gasteiger partial charge is 0.506 e. The van der Waals surface area contributed by atoms with Crippen LogP contribution in [0.15, 0.2) is 18.2 Å². The minimum absolute atomic E-state index is 0.155. The fraction of sp³-hybridized carbons (Fsp3) is 0.600. The molecular weight excluding hydrogens is 262 g/mol. The fourth-order valence-electron chi connectivity index (χ4n) is 3.26. The minimum Gasteiger partial charge on any atom is -0.506 e. The molecule has 0 bridgehead atoms. The zero-order chi connectivity index (χ0) is 13.2. The topological polar surface area (TPSA) is 32.7 Å². The van der Waals surface area contributed by atoms with Crippen LogP contribution in [-0.4, -0.2) is 35.3 Å². The van der Waals surface area contributed by atoms with Gasteiger partial charge in [-0.3, -0.25) is 4.90 Å². The number of aromatic hydroxyl groups is 1. The Morgan fingerprint density at radius 3 is 3.00 bits per heavy atom. The van der Waals surface area contributed by atoms with Crippen LogP contribution in [0.2, 0.25) is 5.02 Å². The monoisotopic (exact) mass is 281 g/mol. The number of halogens is 1. The molecule has 1 aromatic rings. The summed E-state index contributed by atoms with van der Waals surface area (Å²) in [5.41, 5.74) is 1.16. The van der Waals surface area contributed by atoms with Crippen molar-refractivity contribution >= 4 is 11.6 Å². The lowest BCUT2D eigenvalue weighted by molar-refractivity contribution is -0.0911. The molecule has 1 aliphatic heterocycles. The zero-order valence-electron chi connectivity index (χ0n) is 11.0. The number of hydrogen-bond acceptors (Lipinski definition) is 3. The number of benzene rings is 1. The molecule has 3 nitrogen and oxygen atoms in total. The Balaban J connectivity index is 1.72. The molecule has 2 unspecified atom stereocenters. The molecule has 1 heterocycles. The lowest BCUT2D eigenvalue weighted by atomic mass is 9.90. The molecule has 2 atom stereocenters. The van der Waals surface area contributed by atoms with Crippen LogP contribution in [0.1, 0.15) is 31.2 Å². The Hall–Kier alpha value is -0.770. The van der Waals surface area contributed by atoms with E-state index in [0.717, 1.165) is 25.3 Å². The lowest BCUT2D eigenvalue weighted by Gasteiger charge is -2.43. The Kier molecular flexibility index (Phi) is 3.96. The molecule has 4 heteroatoms. The summed E-state index contributed by atoms with van der Waals surface area (Å²) in [6.45, 7) is 2.71. The number of rotatable bonds is 2. The van der Waals surface area contributed by atoms with Crippen LogP contribution in [0.25, 0.3) is 0 Å². The van der Waals surface area contributed by atoms with E-state index in [2.05, 4.69) is 4.90 Å². The average Bonchev–Trinajstić information content (AvgIpc) is 2.43. The number of phenolic OH excluding ortho intramolecular Hbond substituents is 1. The van der Waals surface area contributed by atoms with Crippen molar-refractivity contribution in [2.24, 2.45) is 0 Å². The van der Waals surface area contributed by atoms with E-state index < -0.39 is 0 Å². The van der Waals surface area contributed by atoms with Crippen LogP contribution in [0.5, 0.6) is 5.75 Å². The molecule has 1 aliphatic carbocycles. The van der Waals surface area contributed by atoms with Crippen LogP contribution in [0.3, 0.4) is 0 Å². The number of nitrogens with zero attached hydrogens (tertiary/aromatic N) is 1. The summed E-state index contributed by atoms with van der Waals surface area (Å²) in [6.07, 6.45) is 5.43. The molecule has 1 N–H and O–H groups in total. The van der Waals surface area contributed by atoms with E-state index in [9.17, 15) is 5.11 Å². The molecule has 3 rings (SSSR count). The van der Waals surface area contributed by atoms with Gasteiger partial charge in [0.25, 0.3) is 0 Å². The van der Waals surface area contributed by atoms with E-state index in [0.29, 0.717) is 17.2 Å². The first-order chi connectivity index (χ1) is 9.24. The van der Waals surface area contributed by atoms with Gasteiger partial charge in [-0.2, -0.15) is 0 Å². The van der Waals surface area contributed by atoms with E-state index in [1.165, 1.54) is 25.7 Å². The van der Waals surface area contributed by atoms with Gasteiger partial charge >= 0.3 is 0 Å². The van der Waals surface area contributed by atoms with E-state index in [1.54, 1.807) is 6.07 Å². The molecular formula is C15H20ClNO2. The third kappa shape index (κ3) is 2.88. The van der Waals surface area contributed by atoms with Crippen molar-refractivity contribution < 1.29 is 9.84 Å². The number of hydrogen-bond donors (Lipinski definition) is 1. The van der Waals surface area contributed by atoms with Gasteiger partial charge in [0.2, 0.25) is 0 Å². The maximum atomic E-state index is 9.47. The molecule has 0 aromatic heterocycles. The summed E-state index contributed by atoms with van der Waals surface area (Å²) in [5, 5.41) is 9.91. The second-order valence-corrected chi connectivity index (χ2v) is 5.92. The Morgan fingerprint density at radius 2 is 2.16 bits per heavy atom. The van der Waals surface area contributed by atoms with Crippen LogP contribution in [0.4, 0.5) is 0 Å². The molecule has 1 aromatic carbocycles. The van der Waals surface area contributed by atoms with E-state index in [4.69, 9.17) is 16.3 Å². The van der Waals surface area contributed by atoms with E-state index >= 15 is 0 Å². The quantitative estimate of drug-likeness (QED) is 0.904. The number of ether oxygens (including phenoxy) is 1. The molecule has 1 saturated carbocycles. The Bertz CT molecular complexity index is 450. The first kappa shape index (κ1) is 13.2. The van der Waals surface area contributed by atoms with Crippen molar-refractivity contribution in [1.29, 1.82) is 0 Å². The molecule has 1 saturated heterocycles. The number of phenols is 1. The predicted octanol–water partition coefficient (Wildman–Crippen LogP) is 3.19. The van der Waals surface area contributed by atoms with Crippen LogP contribution < -0.4 is 0 Å². The summed E-state index contributed by atoms with van der Waals surface area (Å²) in [5.74, 6) is 0.155. The van der Waals surface area contributed by atoms with Gasteiger partial charge < -0.3 is 9.84 Å². The van der Waals surface area contributed by atoms with Gasteiger partial charge in [0.1, 0.15) is 5.75 Å². The molecule has 2 aliphatic rings. The molecule has 104 valence electrons. The average molecular weight is 282 g/mol. The predicted molar refractivity (Wildman–Crippen MR) is 75.5 cm³/mol. The van der Waals surface area contributed by atoms with Crippen LogP contribution >= 0.6 is 11.6 Å². The van der Waals surface area contributed by atoms with Gasteiger partial charge in [0, 0.05) is 19.1 Å². The van der Waals surface area contributed by atoms with Gasteiger partial charge in [0.15, 0.2) is 0 Å². The highest BCUT2D eigenvalue weighted by molar-refractivity contribution is 6.32. The molecule has 0 amide bonds. The van der Waals surface area contributed by atoms with Gasteiger partial charge in [-0.15, -0.1) is 0 Å². The maximum absolute atomic E-state index is 9.47. The summed E-state index contributed by atoms with van der Waals surface area (Å²) < 4.78 is 5.88. The zero-order valence-corrected chi connectivity index (χ0v) is 11.8. The summed E-state index contributed by atoms with van der Waals surface area (Å²) in [6, 6.07) is 6.05. The van der Waals surface area contributed by atoms with Crippen molar-refractivity contribution in [3.05, 3.63) is 28.8 Å². The van der Waals surface area contributed by atoms with Crippen molar-refractivity contribution in [3.63, 3.8) is 0 Å². The normalized spacial score (nSPS) is 28.1. The summed E-state index contributed by atoms with van der Waals surface area (Å²) >= 11 is 5.98. The van der Waals surface area contributed by atoms with Crippen molar-refractivity contribution in [3.8, 4) is 5.75 Å². The molecule has 19 heavy (non-hydrogen) atoms. The summed E-state index contributed by atoms with van der Waals surface area (Å²) in [4.78, 5) is 2.51. The molecule has 0 radical (unpaired) electrons. The van der Waals surface area contributed by atoms with Crippen molar-refractivity contribution in [1.82, 2.24) is 4.90 Å². The Labute approximate surface area is 119 Å². The first-order valence-corrected chi connectivity index (χ1v) is 7.45. The van der Waals surface area contributed by atoms with E-state index in [-0.39, 0.29) is 5.75 Å².